The molecule has 1 aromatic rings. The molecule has 1 saturated heterocycles. The van der Waals surface area contributed by atoms with Crippen molar-refractivity contribution in [3.05, 3.63) is 23.8 Å². The van der Waals surface area contributed by atoms with Gasteiger partial charge in [-0.1, -0.05) is 0 Å². The molecule has 1 fully saturated rings. The van der Waals surface area contributed by atoms with Crippen molar-refractivity contribution in [1.29, 1.82) is 5.26 Å². The van der Waals surface area contributed by atoms with E-state index in [2.05, 4.69) is 18.3 Å². The van der Waals surface area contributed by atoms with Gasteiger partial charge in [0.1, 0.15) is 0 Å². The number of anilines is 2. The molecule has 0 aromatic heterocycles. The molecule has 0 radical (unpaired) electrons. The monoisotopic (exact) mass is 231 g/mol. The van der Waals surface area contributed by atoms with Crippen LogP contribution in [0.25, 0.3) is 0 Å². The second-order valence-corrected chi connectivity index (χ2v) is 4.72. The molecule has 0 aliphatic carbocycles. The van der Waals surface area contributed by atoms with Crippen LogP contribution in [0.2, 0.25) is 0 Å². The van der Waals surface area contributed by atoms with Crippen LogP contribution >= 0.6 is 0 Å². The SMILES string of the molecule is CC1OCCC1(C)Nc1cc(C#N)ccc1N. The van der Waals surface area contributed by atoms with Crippen molar-refractivity contribution in [3.8, 4) is 6.07 Å². The highest BCUT2D eigenvalue weighted by Gasteiger charge is 2.37. The Labute approximate surface area is 101 Å². The molecule has 0 saturated carbocycles. The van der Waals surface area contributed by atoms with Gasteiger partial charge in [-0.3, -0.25) is 0 Å². The number of nitrogens with one attached hydrogen (secondary N) is 1. The van der Waals surface area contributed by atoms with E-state index in [1.165, 1.54) is 0 Å². The van der Waals surface area contributed by atoms with Crippen LogP contribution in [-0.2, 0) is 4.74 Å². The summed E-state index contributed by atoms with van der Waals surface area (Å²) in [6.07, 6.45) is 1.07. The van der Waals surface area contributed by atoms with Gasteiger partial charge in [0.2, 0.25) is 0 Å². The average molecular weight is 231 g/mol. The van der Waals surface area contributed by atoms with Gasteiger partial charge in [0.25, 0.3) is 0 Å². The van der Waals surface area contributed by atoms with E-state index in [-0.39, 0.29) is 11.6 Å². The van der Waals surface area contributed by atoms with Crippen LogP contribution < -0.4 is 11.1 Å². The van der Waals surface area contributed by atoms with E-state index in [9.17, 15) is 0 Å². The molecular formula is C13H17N3O. The minimum atomic E-state index is -0.123. The number of nitriles is 1. The van der Waals surface area contributed by atoms with Gasteiger partial charge < -0.3 is 15.8 Å². The van der Waals surface area contributed by atoms with E-state index in [0.29, 0.717) is 11.3 Å². The lowest BCUT2D eigenvalue weighted by Gasteiger charge is -2.30. The van der Waals surface area contributed by atoms with Gasteiger partial charge in [-0.2, -0.15) is 5.26 Å². The molecule has 4 nitrogen and oxygen atoms in total. The van der Waals surface area contributed by atoms with E-state index in [4.69, 9.17) is 15.7 Å². The Morgan fingerprint density at radius 3 is 2.94 bits per heavy atom. The molecule has 1 aliphatic rings. The van der Waals surface area contributed by atoms with E-state index >= 15 is 0 Å². The van der Waals surface area contributed by atoms with E-state index < -0.39 is 0 Å². The van der Waals surface area contributed by atoms with Crippen LogP contribution in [0.3, 0.4) is 0 Å². The first kappa shape index (κ1) is 11.7. The standard InChI is InChI=1S/C13H17N3O/c1-9-13(2,5-6-17-9)16-12-7-10(8-14)3-4-11(12)15/h3-4,7,9,16H,5-6,15H2,1-2H3. The Balaban J connectivity index is 2.27. The summed E-state index contributed by atoms with van der Waals surface area (Å²) in [7, 11) is 0. The van der Waals surface area contributed by atoms with Gasteiger partial charge in [0.05, 0.1) is 34.7 Å². The van der Waals surface area contributed by atoms with Crippen molar-refractivity contribution in [2.45, 2.75) is 31.9 Å². The highest BCUT2D eigenvalue weighted by molar-refractivity contribution is 5.69. The molecule has 0 amide bonds. The zero-order valence-electron chi connectivity index (χ0n) is 10.2. The molecule has 3 N–H and O–H groups in total. The molecule has 0 spiro atoms. The predicted molar refractivity (Wildman–Crippen MR) is 67.6 cm³/mol. The van der Waals surface area contributed by atoms with Gasteiger partial charge in [0.15, 0.2) is 0 Å². The van der Waals surface area contributed by atoms with E-state index in [1.807, 2.05) is 6.92 Å². The number of nitrogen functional groups attached to an aromatic ring is 1. The van der Waals surface area contributed by atoms with Gasteiger partial charge >= 0.3 is 0 Å². The Morgan fingerprint density at radius 2 is 2.35 bits per heavy atom. The number of ether oxygens (including phenoxy) is 1. The van der Waals surface area contributed by atoms with Crippen molar-refractivity contribution >= 4 is 11.4 Å². The summed E-state index contributed by atoms with van der Waals surface area (Å²) in [4.78, 5) is 0. The number of nitrogens with two attached hydrogens (primary N) is 1. The number of nitrogens with zero attached hydrogens (tertiary/aromatic N) is 1. The molecule has 4 heteroatoms. The van der Waals surface area contributed by atoms with Crippen molar-refractivity contribution < 1.29 is 4.74 Å². The van der Waals surface area contributed by atoms with Gasteiger partial charge in [0, 0.05) is 6.61 Å². The van der Waals surface area contributed by atoms with Crippen LogP contribution in [0.1, 0.15) is 25.8 Å². The maximum atomic E-state index is 8.89. The zero-order chi connectivity index (χ0) is 12.5. The first-order valence-corrected chi connectivity index (χ1v) is 5.74. The zero-order valence-corrected chi connectivity index (χ0v) is 10.2. The molecule has 90 valence electrons. The predicted octanol–water partition coefficient (Wildman–Crippen LogP) is 2.12. The minimum absolute atomic E-state index is 0.123. The summed E-state index contributed by atoms with van der Waals surface area (Å²) >= 11 is 0. The Hall–Kier alpha value is -1.73. The third-order valence-electron chi connectivity index (χ3n) is 3.49. The van der Waals surface area contributed by atoms with Crippen LogP contribution in [-0.4, -0.2) is 18.2 Å². The topological polar surface area (TPSA) is 71.1 Å². The van der Waals surface area contributed by atoms with Crippen molar-refractivity contribution in [1.82, 2.24) is 0 Å². The van der Waals surface area contributed by atoms with Gasteiger partial charge in [-0.25, -0.2) is 0 Å². The summed E-state index contributed by atoms with van der Waals surface area (Å²) in [6.45, 7) is 4.91. The minimum Gasteiger partial charge on any atom is -0.397 e. The van der Waals surface area contributed by atoms with Crippen LogP contribution in [0.15, 0.2) is 18.2 Å². The Kier molecular flexibility index (Phi) is 2.95. The first-order valence-electron chi connectivity index (χ1n) is 5.74. The molecule has 1 heterocycles. The number of hydrogen-bond donors (Lipinski definition) is 2. The highest BCUT2D eigenvalue weighted by Crippen LogP contribution is 2.32. The van der Waals surface area contributed by atoms with E-state index in [1.54, 1.807) is 18.2 Å². The number of rotatable bonds is 2. The smallest absolute Gasteiger partial charge is 0.0992 e. The van der Waals surface area contributed by atoms with Crippen molar-refractivity contribution in [2.24, 2.45) is 0 Å². The van der Waals surface area contributed by atoms with Crippen molar-refractivity contribution in [3.63, 3.8) is 0 Å². The molecule has 2 rings (SSSR count). The molecule has 1 aliphatic heterocycles. The third-order valence-corrected chi connectivity index (χ3v) is 3.49. The molecule has 1 aromatic carbocycles. The normalized spacial score (nSPS) is 27.7. The fourth-order valence-electron chi connectivity index (χ4n) is 2.04. The number of benzene rings is 1. The van der Waals surface area contributed by atoms with Crippen LogP contribution in [0.4, 0.5) is 11.4 Å². The van der Waals surface area contributed by atoms with Crippen LogP contribution in [0.5, 0.6) is 0 Å². The summed E-state index contributed by atoms with van der Waals surface area (Å²) in [5, 5.41) is 12.3. The highest BCUT2D eigenvalue weighted by atomic mass is 16.5. The molecular weight excluding hydrogens is 214 g/mol. The summed E-state index contributed by atoms with van der Waals surface area (Å²) in [5.41, 5.74) is 7.87. The molecule has 2 atom stereocenters. The average Bonchev–Trinajstić information content (AvgIpc) is 2.62. The second kappa shape index (κ2) is 4.27. The summed E-state index contributed by atoms with van der Waals surface area (Å²) in [6, 6.07) is 7.37. The fraction of sp³-hybridized carbons (Fsp3) is 0.462. The molecule has 2 unspecified atom stereocenters. The Bertz CT molecular complexity index is 466. The lowest BCUT2D eigenvalue weighted by molar-refractivity contribution is 0.105. The fourth-order valence-corrected chi connectivity index (χ4v) is 2.04. The quantitative estimate of drug-likeness (QED) is 0.765. The molecule has 17 heavy (non-hydrogen) atoms. The van der Waals surface area contributed by atoms with Crippen molar-refractivity contribution in [2.75, 3.05) is 17.7 Å². The van der Waals surface area contributed by atoms with Crippen LogP contribution in [0, 0.1) is 11.3 Å². The molecule has 0 bridgehead atoms. The largest absolute Gasteiger partial charge is 0.397 e. The lowest BCUT2D eigenvalue weighted by Crippen LogP contribution is -2.41. The van der Waals surface area contributed by atoms with E-state index in [0.717, 1.165) is 18.7 Å². The lowest BCUT2D eigenvalue weighted by atomic mass is 9.94. The summed E-state index contributed by atoms with van der Waals surface area (Å²) < 4.78 is 5.57. The second-order valence-electron chi connectivity index (χ2n) is 4.72. The third kappa shape index (κ3) is 2.20. The maximum Gasteiger partial charge on any atom is 0.0992 e. The van der Waals surface area contributed by atoms with Gasteiger partial charge in [-0.05, 0) is 38.5 Å². The summed E-state index contributed by atoms with van der Waals surface area (Å²) in [5.74, 6) is 0. The first-order chi connectivity index (χ1) is 8.05. The van der Waals surface area contributed by atoms with Gasteiger partial charge in [-0.15, -0.1) is 0 Å². The maximum absolute atomic E-state index is 8.89. The number of hydrogen-bond acceptors (Lipinski definition) is 4. The Morgan fingerprint density at radius 1 is 1.59 bits per heavy atom.